The van der Waals surface area contributed by atoms with Gasteiger partial charge in [-0.1, -0.05) is 18.3 Å². The second kappa shape index (κ2) is 5.34. The van der Waals surface area contributed by atoms with Crippen LogP contribution in [0.5, 0.6) is 0 Å². The highest BCUT2D eigenvalue weighted by Crippen LogP contribution is 2.36. The van der Waals surface area contributed by atoms with Crippen LogP contribution in [0.2, 0.25) is 0 Å². The summed E-state index contributed by atoms with van der Waals surface area (Å²) >= 11 is 0.286. The number of aromatic nitrogens is 1. The van der Waals surface area contributed by atoms with E-state index in [4.69, 9.17) is 5.11 Å². The summed E-state index contributed by atoms with van der Waals surface area (Å²) < 4.78 is 37.4. The predicted molar refractivity (Wildman–Crippen MR) is 57.6 cm³/mol. The van der Waals surface area contributed by atoms with Gasteiger partial charge < -0.3 is 10.4 Å². The van der Waals surface area contributed by atoms with Gasteiger partial charge in [0, 0.05) is 6.42 Å². The Hall–Kier alpha value is -1.64. The number of halogens is 3. The summed E-state index contributed by atoms with van der Waals surface area (Å²) in [7, 11) is 0. The van der Waals surface area contributed by atoms with Crippen molar-refractivity contribution in [2.45, 2.75) is 25.9 Å². The molecule has 0 bridgehead atoms. The summed E-state index contributed by atoms with van der Waals surface area (Å²) in [4.78, 5) is 24.0. The lowest BCUT2D eigenvalue weighted by atomic mass is 10.3. The minimum absolute atomic E-state index is 0.128. The van der Waals surface area contributed by atoms with Gasteiger partial charge in [0.25, 0.3) is 0 Å². The van der Waals surface area contributed by atoms with Gasteiger partial charge in [0.2, 0.25) is 5.91 Å². The molecule has 1 rings (SSSR count). The zero-order valence-electron chi connectivity index (χ0n) is 9.17. The van der Waals surface area contributed by atoms with E-state index in [0.717, 1.165) is 0 Å². The normalized spacial score (nSPS) is 11.3. The zero-order chi connectivity index (χ0) is 13.9. The van der Waals surface area contributed by atoms with E-state index in [1.54, 1.807) is 6.92 Å². The fraction of sp³-hybridized carbons (Fsp3) is 0.444. The van der Waals surface area contributed by atoms with Gasteiger partial charge in [-0.25, -0.2) is 9.78 Å². The molecule has 2 N–H and O–H groups in total. The summed E-state index contributed by atoms with van der Waals surface area (Å²) in [6.07, 6.45) is -4.21. The SMILES string of the molecule is CCCC(=O)Nc1nc(C(F)(F)F)c(C(=O)O)s1. The summed E-state index contributed by atoms with van der Waals surface area (Å²) in [5, 5.41) is 10.4. The van der Waals surface area contributed by atoms with Crippen LogP contribution in [0, 0.1) is 0 Å². The maximum Gasteiger partial charge on any atom is 0.435 e. The standard InChI is InChI=1S/C9H9F3N2O3S/c1-2-3-4(15)13-8-14-6(9(10,11)12)5(18-8)7(16)17/h2-3H2,1H3,(H,16,17)(H,13,14,15). The third kappa shape index (κ3) is 3.42. The van der Waals surface area contributed by atoms with Crippen LogP contribution in [0.4, 0.5) is 18.3 Å². The van der Waals surface area contributed by atoms with Gasteiger partial charge in [-0.05, 0) is 6.42 Å². The van der Waals surface area contributed by atoms with Crippen molar-refractivity contribution >= 4 is 28.3 Å². The molecule has 0 aliphatic carbocycles. The zero-order valence-corrected chi connectivity index (χ0v) is 9.98. The molecule has 1 aromatic rings. The molecule has 0 saturated heterocycles. The number of carbonyl (C=O) groups excluding carboxylic acids is 1. The number of hydrogen-bond acceptors (Lipinski definition) is 4. The number of carbonyl (C=O) groups is 2. The Morgan fingerprint density at radius 3 is 2.44 bits per heavy atom. The molecule has 1 heterocycles. The van der Waals surface area contributed by atoms with Crippen LogP contribution in [0.3, 0.4) is 0 Å². The third-order valence-corrected chi connectivity index (χ3v) is 2.77. The van der Waals surface area contributed by atoms with E-state index in [-0.39, 0.29) is 22.9 Å². The Labute approximate surface area is 104 Å². The number of rotatable bonds is 4. The number of hydrogen-bond donors (Lipinski definition) is 2. The molecule has 0 unspecified atom stereocenters. The van der Waals surface area contributed by atoms with Crippen molar-refractivity contribution in [3.63, 3.8) is 0 Å². The lowest BCUT2D eigenvalue weighted by Gasteiger charge is -2.02. The van der Waals surface area contributed by atoms with Crippen molar-refractivity contribution in [3.8, 4) is 0 Å². The average molecular weight is 282 g/mol. The number of alkyl halides is 3. The molecule has 0 radical (unpaired) electrons. The van der Waals surface area contributed by atoms with Crippen LogP contribution < -0.4 is 5.32 Å². The molecule has 9 heteroatoms. The van der Waals surface area contributed by atoms with Gasteiger partial charge >= 0.3 is 12.1 Å². The highest BCUT2D eigenvalue weighted by Gasteiger charge is 2.39. The lowest BCUT2D eigenvalue weighted by Crippen LogP contribution is -2.13. The van der Waals surface area contributed by atoms with E-state index in [1.165, 1.54) is 0 Å². The first-order chi connectivity index (χ1) is 8.25. The minimum Gasteiger partial charge on any atom is -0.477 e. The van der Waals surface area contributed by atoms with Crippen molar-refractivity contribution in [1.82, 2.24) is 4.98 Å². The van der Waals surface area contributed by atoms with E-state index >= 15 is 0 Å². The molecule has 1 amide bonds. The first kappa shape index (κ1) is 14.4. The Kier molecular flexibility index (Phi) is 4.28. The Balaban J connectivity index is 3.03. The summed E-state index contributed by atoms with van der Waals surface area (Å²) in [5.41, 5.74) is -1.49. The molecule has 0 aliphatic rings. The molecule has 0 saturated carbocycles. The fourth-order valence-electron chi connectivity index (χ4n) is 1.12. The molecule has 0 atom stereocenters. The van der Waals surface area contributed by atoms with Crippen LogP contribution in [-0.2, 0) is 11.0 Å². The third-order valence-electron chi connectivity index (χ3n) is 1.81. The van der Waals surface area contributed by atoms with E-state index in [0.29, 0.717) is 6.42 Å². The first-order valence-corrected chi connectivity index (χ1v) is 5.68. The largest absolute Gasteiger partial charge is 0.477 e. The van der Waals surface area contributed by atoms with Crippen molar-refractivity contribution in [3.05, 3.63) is 10.6 Å². The van der Waals surface area contributed by atoms with Crippen LogP contribution in [0.1, 0.15) is 35.1 Å². The molecular weight excluding hydrogens is 273 g/mol. The van der Waals surface area contributed by atoms with Crippen LogP contribution in [0.25, 0.3) is 0 Å². The summed E-state index contributed by atoms with van der Waals surface area (Å²) in [6, 6.07) is 0. The van der Waals surface area contributed by atoms with Gasteiger partial charge in [-0.15, -0.1) is 0 Å². The van der Waals surface area contributed by atoms with Crippen LogP contribution >= 0.6 is 11.3 Å². The lowest BCUT2D eigenvalue weighted by molar-refractivity contribution is -0.141. The molecule has 18 heavy (non-hydrogen) atoms. The van der Waals surface area contributed by atoms with E-state index in [9.17, 15) is 22.8 Å². The van der Waals surface area contributed by atoms with E-state index in [2.05, 4.69) is 10.3 Å². The molecular formula is C9H9F3N2O3S. The molecule has 0 aromatic carbocycles. The Morgan fingerprint density at radius 1 is 1.44 bits per heavy atom. The molecule has 1 aromatic heterocycles. The van der Waals surface area contributed by atoms with Gasteiger partial charge in [-0.2, -0.15) is 13.2 Å². The van der Waals surface area contributed by atoms with E-state index in [1.807, 2.05) is 0 Å². The number of anilines is 1. The number of aromatic carboxylic acids is 1. The van der Waals surface area contributed by atoms with Crippen molar-refractivity contribution in [1.29, 1.82) is 0 Å². The molecule has 0 fully saturated rings. The summed E-state index contributed by atoms with van der Waals surface area (Å²) in [6.45, 7) is 1.73. The second-order valence-corrected chi connectivity index (χ2v) is 4.30. The Morgan fingerprint density at radius 2 is 2.06 bits per heavy atom. The smallest absolute Gasteiger partial charge is 0.435 e. The predicted octanol–water partition coefficient (Wildman–Crippen LogP) is 2.60. The van der Waals surface area contributed by atoms with Gasteiger partial charge in [-0.3, -0.25) is 4.79 Å². The Bertz CT molecular complexity index is 470. The monoisotopic (exact) mass is 282 g/mol. The van der Waals surface area contributed by atoms with Crippen LogP contribution in [-0.4, -0.2) is 22.0 Å². The van der Waals surface area contributed by atoms with Gasteiger partial charge in [0.05, 0.1) is 0 Å². The molecule has 0 aliphatic heterocycles. The maximum atomic E-state index is 12.5. The molecule has 0 spiro atoms. The number of carboxylic acid groups (broad SMARTS) is 1. The molecule has 5 nitrogen and oxygen atoms in total. The van der Waals surface area contributed by atoms with Crippen molar-refractivity contribution < 1.29 is 27.9 Å². The maximum absolute atomic E-state index is 12.5. The highest BCUT2D eigenvalue weighted by molar-refractivity contribution is 7.17. The van der Waals surface area contributed by atoms with E-state index < -0.39 is 28.6 Å². The van der Waals surface area contributed by atoms with Gasteiger partial charge in [0.15, 0.2) is 10.8 Å². The van der Waals surface area contributed by atoms with Crippen molar-refractivity contribution in [2.24, 2.45) is 0 Å². The topological polar surface area (TPSA) is 79.3 Å². The summed E-state index contributed by atoms with van der Waals surface area (Å²) in [5.74, 6) is -2.23. The second-order valence-electron chi connectivity index (χ2n) is 3.30. The first-order valence-electron chi connectivity index (χ1n) is 4.86. The van der Waals surface area contributed by atoms with Crippen LogP contribution in [0.15, 0.2) is 0 Å². The number of nitrogens with one attached hydrogen (secondary N) is 1. The highest BCUT2D eigenvalue weighted by atomic mass is 32.1. The number of nitrogens with zero attached hydrogens (tertiary/aromatic N) is 1. The average Bonchev–Trinajstić information content (AvgIpc) is 2.61. The number of thiazole rings is 1. The molecule has 100 valence electrons. The minimum atomic E-state index is -4.86. The number of amides is 1. The van der Waals surface area contributed by atoms with Gasteiger partial charge in [0.1, 0.15) is 4.88 Å². The quantitative estimate of drug-likeness (QED) is 0.889. The number of carboxylic acids is 1. The fourth-order valence-corrected chi connectivity index (χ4v) is 1.96. The van der Waals surface area contributed by atoms with Crippen molar-refractivity contribution in [2.75, 3.05) is 5.32 Å².